The minimum absolute atomic E-state index is 0.0292. The number of amides is 1. The lowest BCUT2D eigenvalue weighted by molar-refractivity contribution is 0.0727. The zero-order valence-electron chi connectivity index (χ0n) is 15.3. The second-order valence-electron chi connectivity index (χ2n) is 6.56. The highest BCUT2D eigenvalue weighted by Gasteiger charge is 2.27. The van der Waals surface area contributed by atoms with E-state index in [2.05, 4.69) is 15.0 Å². The van der Waals surface area contributed by atoms with Crippen molar-refractivity contribution in [3.8, 4) is 17.1 Å². The normalized spacial score (nSPS) is 13.4. The van der Waals surface area contributed by atoms with Gasteiger partial charge in [-0.2, -0.15) is 0 Å². The first-order valence-electron chi connectivity index (χ1n) is 8.85. The molecule has 4 rings (SSSR count). The molecule has 0 saturated heterocycles. The van der Waals surface area contributed by atoms with Crippen LogP contribution in [-0.4, -0.2) is 39.4 Å². The lowest BCUT2D eigenvalue weighted by Crippen LogP contribution is -2.37. The molecular weight excluding hydrogens is 340 g/mol. The summed E-state index contributed by atoms with van der Waals surface area (Å²) in [4.78, 5) is 27.9. The van der Waals surface area contributed by atoms with E-state index in [-0.39, 0.29) is 5.91 Å². The van der Waals surface area contributed by atoms with Gasteiger partial charge in [0.05, 0.1) is 18.5 Å². The second-order valence-corrected chi connectivity index (χ2v) is 6.56. The second kappa shape index (κ2) is 7.15. The molecule has 0 unspecified atom stereocenters. The number of rotatable bonds is 4. The number of aromatic nitrogens is 3. The Labute approximate surface area is 157 Å². The van der Waals surface area contributed by atoms with Gasteiger partial charge in [-0.15, -0.1) is 0 Å². The minimum Gasteiger partial charge on any atom is -0.497 e. The van der Waals surface area contributed by atoms with Gasteiger partial charge in [0.15, 0.2) is 0 Å². The third-order valence-electron chi connectivity index (χ3n) is 4.78. The Morgan fingerprint density at radius 1 is 1.11 bits per heavy atom. The number of hydrogen-bond donors (Lipinski definition) is 0. The van der Waals surface area contributed by atoms with Crippen molar-refractivity contribution in [1.82, 2.24) is 19.9 Å². The number of carbonyl (C=O) groups excluding carboxylic acids is 1. The van der Waals surface area contributed by atoms with Crippen molar-refractivity contribution in [1.29, 1.82) is 0 Å². The van der Waals surface area contributed by atoms with Crippen LogP contribution in [0.4, 0.5) is 0 Å². The summed E-state index contributed by atoms with van der Waals surface area (Å²) in [7, 11) is 1.64. The highest BCUT2D eigenvalue weighted by atomic mass is 16.5. The first-order chi connectivity index (χ1) is 13.2. The van der Waals surface area contributed by atoms with Crippen LogP contribution in [0.15, 0.2) is 48.9 Å². The minimum atomic E-state index is 0.0292. The smallest absolute Gasteiger partial charge is 0.254 e. The van der Waals surface area contributed by atoms with Crippen LogP contribution in [0, 0.1) is 6.92 Å². The van der Waals surface area contributed by atoms with Crippen molar-refractivity contribution in [3.05, 3.63) is 71.3 Å². The standard InChI is InChI=1S/C21H20N4O2/c1-14-11-19(24-13-23-14)20-17-8-10-25(21(26)18(17)7-9-22-20)12-15-3-5-16(27-2)6-4-15/h3-7,9,11,13H,8,10,12H2,1-2H3. The third-order valence-corrected chi connectivity index (χ3v) is 4.78. The number of carbonyl (C=O) groups is 1. The molecule has 1 aliphatic heterocycles. The molecule has 0 fully saturated rings. The van der Waals surface area contributed by atoms with E-state index < -0.39 is 0 Å². The van der Waals surface area contributed by atoms with E-state index in [9.17, 15) is 4.79 Å². The first-order valence-corrected chi connectivity index (χ1v) is 8.85. The lowest BCUT2D eigenvalue weighted by Gasteiger charge is -2.29. The van der Waals surface area contributed by atoms with E-state index in [1.807, 2.05) is 42.2 Å². The van der Waals surface area contributed by atoms with Crippen molar-refractivity contribution in [2.75, 3.05) is 13.7 Å². The summed E-state index contributed by atoms with van der Waals surface area (Å²) in [6, 6.07) is 11.5. The molecule has 2 aromatic heterocycles. The average Bonchev–Trinajstić information content (AvgIpc) is 2.70. The Hall–Kier alpha value is -3.28. The van der Waals surface area contributed by atoms with Gasteiger partial charge in [-0.1, -0.05) is 12.1 Å². The van der Waals surface area contributed by atoms with E-state index in [1.165, 1.54) is 6.33 Å². The first kappa shape index (κ1) is 17.1. The fourth-order valence-electron chi connectivity index (χ4n) is 3.37. The number of fused-ring (bicyclic) bond motifs is 1. The van der Waals surface area contributed by atoms with E-state index in [1.54, 1.807) is 19.4 Å². The van der Waals surface area contributed by atoms with Gasteiger partial charge in [-0.05, 0) is 48.7 Å². The van der Waals surface area contributed by atoms with Crippen LogP contribution in [-0.2, 0) is 13.0 Å². The fourth-order valence-corrected chi connectivity index (χ4v) is 3.37. The van der Waals surface area contributed by atoms with Crippen molar-refractivity contribution < 1.29 is 9.53 Å². The van der Waals surface area contributed by atoms with Crippen molar-refractivity contribution in [2.45, 2.75) is 19.9 Å². The third kappa shape index (κ3) is 3.38. The lowest BCUT2D eigenvalue weighted by atomic mass is 9.96. The van der Waals surface area contributed by atoms with Crippen LogP contribution in [0.2, 0.25) is 0 Å². The van der Waals surface area contributed by atoms with E-state index in [4.69, 9.17) is 4.74 Å². The van der Waals surface area contributed by atoms with Crippen LogP contribution in [0.3, 0.4) is 0 Å². The molecule has 6 heteroatoms. The molecule has 3 heterocycles. The van der Waals surface area contributed by atoms with Gasteiger partial charge in [0.25, 0.3) is 5.91 Å². The summed E-state index contributed by atoms with van der Waals surface area (Å²) in [5.74, 6) is 0.839. The van der Waals surface area contributed by atoms with Crippen LogP contribution in [0.25, 0.3) is 11.4 Å². The molecule has 6 nitrogen and oxygen atoms in total. The highest BCUT2D eigenvalue weighted by molar-refractivity contribution is 5.98. The van der Waals surface area contributed by atoms with Crippen molar-refractivity contribution >= 4 is 5.91 Å². The van der Waals surface area contributed by atoms with Crippen LogP contribution >= 0.6 is 0 Å². The summed E-state index contributed by atoms with van der Waals surface area (Å²) in [6.07, 6.45) is 3.97. The molecule has 3 aromatic rings. The van der Waals surface area contributed by atoms with Gasteiger partial charge in [0.2, 0.25) is 0 Å². The van der Waals surface area contributed by atoms with Gasteiger partial charge in [-0.25, -0.2) is 9.97 Å². The summed E-state index contributed by atoms with van der Waals surface area (Å²) >= 11 is 0. The van der Waals surface area contributed by atoms with Crippen LogP contribution < -0.4 is 4.74 Å². The number of pyridine rings is 1. The van der Waals surface area contributed by atoms with Gasteiger partial charge in [0, 0.05) is 30.5 Å². The number of hydrogen-bond acceptors (Lipinski definition) is 5. The van der Waals surface area contributed by atoms with Gasteiger partial charge in [-0.3, -0.25) is 9.78 Å². The number of nitrogens with zero attached hydrogens (tertiary/aromatic N) is 4. The van der Waals surface area contributed by atoms with Gasteiger partial charge < -0.3 is 9.64 Å². The highest BCUT2D eigenvalue weighted by Crippen LogP contribution is 2.28. The molecule has 0 aliphatic carbocycles. The van der Waals surface area contributed by atoms with Crippen molar-refractivity contribution in [3.63, 3.8) is 0 Å². The summed E-state index contributed by atoms with van der Waals surface area (Å²) < 4.78 is 5.19. The Kier molecular flexibility index (Phi) is 4.54. The number of benzene rings is 1. The molecule has 0 N–H and O–H groups in total. The predicted molar refractivity (Wildman–Crippen MR) is 101 cm³/mol. The topological polar surface area (TPSA) is 68.2 Å². The summed E-state index contributed by atoms with van der Waals surface area (Å²) in [5, 5.41) is 0. The molecule has 0 saturated carbocycles. The van der Waals surface area contributed by atoms with E-state index >= 15 is 0 Å². The molecule has 1 aromatic carbocycles. The molecule has 0 spiro atoms. The maximum absolute atomic E-state index is 13.0. The predicted octanol–water partition coefficient (Wildman–Crippen LogP) is 3.05. The molecule has 0 atom stereocenters. The van der Waals surface area contributed by atoms with E-state index in [0.717, 1.165) is 40.4 Å². The Morgan fingerprint density at radius 2 is 1.93 bits per heavy atom. The molecule has 1 amide bonds. The summed E-state index contributed by atoms with van der Waals surface area (Å²) in [6.45, 7) is 3.15. The Morgan fingerprint density at radius 3 is 2.67 bits per heavy atom. The quantitative estimate of drug-likeness (QED) is 0.715. The van der Waals surface area contributed by atoms with Gasteiger partial charge in [0.1, 0.15) is 12.1 Å². The zero-order valence-corrected chi connectivity index (χ0v) is 15.3. The molecule has 27 heavy (non-hydrogen) atoms. The molecular formula is C21H20N4O2. The number of aryl methyl sites for hydroxylation is 1. The largest absolute Gasteiger partial charge is 0.497 e. The van der Waals surface area contributed by atoms with Gasteiger partial charge >= 0.3 is 0 Å². The fraction of sp³-hybridized carbons (Fsp3) is 0.238. The van der Waals surface area contributed by atoms with Crippen LogP contribution in [0.5, 0.6) is 5.75 Å². The Bertz CT molecular complexity index is 986. The van der Waals surface area contributed by atoms with Crippen molar-refractivity contribution in [2.24, 2.45) is 0 Å². The SMILES string of the molecule is COc1ccc(CN2CCc3c(ccnc3-c3cc(C)ncn3)C2=O)cc1. The average molecular weight is 360 g/mol. The number of ether oxygens (including phenoxy) is 1. The van der Waals surface area contributed by atoms with E-state index in [0.29, 0.717) is 18.7 Å². The van der Waals surface area contributed by atoms with Crippen LogP contribution in [0.1, 0.15) is 27.2 Å². The molecule has 136 valence electrons. The zero-order chi connectivity index (χ0) is 18.8. The molecule has 0 radical (unpaired) electrons. The maximum Gasteiger partial charge on any atom is 0.254 e. The molecule has 1 aliphatic rings. The monoisotopic (exact) mass is 360 g/mol. The maximum atomic E-state index is 13.0. The number of methoxy groups -OCH3 is 1. The molecule has 0 bridgehead atoms. The Balaban J connectivity index is 1.62. The summed E-state index contributed by atoms with van der Waals surface area (Å²) in [5.41, 5.74) is 5.16.